The van der Waals surface area contributed by atoms with Crippen LogP contribution in [-0.2, 0) is 15.7 Å². The highest BCUT2D eigenvalue weighted by Crippen LogP contribution is 2.33. The van der Waals surface area contributed by atoms with Crippen molar-refractivity contribution >= 4 is 34.9 Å². The molecule has 0 saturated carbocycles. The summed E-state index contributed by atoms with van der Waals surface area (Å²) in [4.78, 5) is 24.1. The van der Waals surface area contributed by atoms with Gasteiger partial charge in [-0.2, -0.15) is 13.2 Å². The van der Waals surface area contributed by atoms with Gasteiger partial charge in [0, 0.05) is 5.69 Å². The topological polar surface area (TPSA) is 81.4 Å². The first-order chi connectivity index (χ1) is 12.1. The molecule has 0 aliphatic carbocycles. The van der Waals surface area contributed by atoms with Crippen LogP contribution >= 0.6 is 11.6 Å². The van der Waals surface area contributed by atoms with E-state index in [1.807, 2.05) is 0 Å². The first-order valence-electron chi connectivity index (χ1n) is 7.32. The van der Waals surface area contributed by atoms with Crippen LogP contribution in [0.1, 0.15) is 22.8 Å². The number of alkyl halides is 3. The van der Waals surface area contributed by atoms with Gasteiger partial charge in [-0.3, -0.25) is 4.79 Å². The Labute approximate surface area is 151 Å². The van der Waals surface area contributed by atoms with Crippen molar-refractivity contribution in [1.29, 1.82) is 0 Å². The number of nitrogen functional groups attached to an aromatic ring is 1. The predicted octanol–water partition coefficient (Wildman–Crippen LogP) is 4.13. The van der Waals surface area contributed by atoms with Crippen molar-refractivity contribution in [3.8, 4) is 0 Å². The molecule has 26 heavy (non-hydrogen) atoms. The smallest absolute Gasteiger partial charge is 0.416 e. The maximum atomic E-state index is 12.7. The first-order valence-corrected chi connectivity index (χ1v) is 7.70. The SMILES string of the molecule is C[C@H](OC(=O)c1ccc(N)cc1)C(=O)Nc1cc(C(F)(F)F)ccc1Cl. The summed E-state index contributed by atoms with van der Waals surface area (Å²) in [6, 6.07) is 8.34. The van der Waals surface area contributed by atoms with Crippen molar-refractivity contribution in [3.63, 3.8) is 0 Å². The van der Waals surface area contributed by atoms with Gasteiger partial charge in [0.1, 0.15) is 0 Å². The van der Waals surface area contributed by atoms with E-state index >= 15 is 0 Å². The molecule has 138 valence electrons. The highest BCUT2D eigenvalue weighted by atomic mass is 35.5. The number of carbonyl (C=O) groups excluding carboxylic acids is 2. The molecule has 0 bridgehead atoms. The zero-order valence-electron chi connectivity index (χ0n) is 13.4. The quantitative estimate of drug-likeness (QED) is 0.611. The van der Waals surface area contributed by atoms with E-state index in [0.29, 0.717) is 11.8 Å². The lowest BCUT2D eigenvalue weighted by Crippen LogP contribution is -2.30. The van der Waals surface area contributed by atoms with Gasteiger partial charge in [0.2, 0.25) is 0 Å². The van der Waals surface area contributed by atoms with E-state index in [-0.39, 0.29) is 16.3 Å². The third-order valence-electron chi connectivity index (χ3n) is 3.35. The second kappa shape index (κ2) is 7.65. The first kappa shape index (κ1) is 19.6. The van der Waals surface area contributed by atoms with Crippen molar-refractivity contribution in [2.24, 2.45) is 0 Å². The minimum absolute atomic E-state index is 0.0802. The molecule has 0 unspecified atom stereocenters. The average Bonchev–Trinajstić information content (AvgIpc) is 2.56. The van der Waals surface area contributed by atoms with Gasteiger partial charge < -0.3 is 15.8 Å². The number of hydrogen-bond acceptors (Lipinski definition) is 4. The molecule has 9 heteroatoms. The number of hydrogen-bond donors (Lipinski definition) is 2. The maximum absolute atomic E-state index is 12.7. The van der Waals surface area contributed by atoms with Gasteiger partial charge in [0.25, 0.3) is 5.91 Å². The van der Waals surface area contributed by atoms with Crippen molar-refractivity contribution < 1.29 is 27.5 Å². The van der Waals surface area contributed by atoms with Gasteiger partial charge >= 0.3 is 12.1 Å². The zero-order chi connectivity index (χ0) is 19.5. The van der Waals surface area contributed by atoms with Gasteiger partial charge in [0.15, 0.2) is 6.10 Å². The molecule has 2 aromatic rings. The molecule has 0 saturated heterocycles. The summed E-state index contributed by atoms with van der Waals surface area (Å²) in [5.74, 6) is -1.60. The molecule has 0 aromatic heterocycles. The number of halogens is 4. The molecule has 0 spiro atoms. The van der Waals surface area contributed by atoms with Crippen molar-refractivity contribution in [1.82, 2.24) is 0 Å². The summed E-state index contributed by atoms with van der Waals surface area (Å²) < 4.78 is 43.2. The van der Waals surface area contributed by atoms with Crippen LogP contribution in [0.5, 0.6) is 0 Å². The molecule has 0 aliphatic rings. The third-order valence-corrected chi connectivity index (χ3v) is 3.68. The van der Waals surface area contributed by atoms with E-state index in [1.165, 1.54) is 31.2 Å². The Hall–Kier alpha value is -2.74. The van der Waals surface area contributed by atoms with Crippen LogP contribution in [-0.4, -0.2) is 18.0 Å². The van der Waals surface area contributed by atoms with E-state index in [1.54, 1.807) is 0 Å². The Morgan fingerprint density at radius 1 is 1.15 bits per heavy atom. The lowest BCUT2D eigenvalue weighted by molar-refractivity contribution is -0.137. The second-order valence-electron chi connectivity index (χ2n) is 5.35. The number of nitrogens with two attached hydrogens (primary N) is 1. The summed E-state index contributed by atoms with van der Waals surface area (Å²) in [5.41, 5.74) is 4.93. The second-order valence-corrected chi connectivity index (χ2v) is 5.76. The molecule has 0 heterocycles. The van der Waals surface area contributed by atoms with Crippen LogP contribution in [0.2, 0.25) is 5.02 Å². The number of carbonyl (C=O) groups is 2. The van der Waals surface area contributed by atoms with E-state index < -0.39 is 29.7 Å². The summed E-state index contributed by atoms with van der Waals surface area (Å²) in [7, 11) is 0. The predicted molar refractivity (Wildman–Crippen MR) is 90.8 cm³/mol. The van der Waals surface area contributed by atoms with Gasteiger partial charge in [-0.25, -0.2) is 4.79 Å². The molecule has 3 N–H and O–H groups in total. The summed E-state index contributed by atoms with van der Waals surface area (Å²) >= 11 is 5.81. The van der Waals surface area contributed by atoms with Gasteiger partial charge in [0.05, 0.1) is 21.8 Å². The van der Waals surface area contributed by atoms with Crippen LogP contribution in [0.3, 0.4) is 0 Å². The molecule has 0 radical (unpaired) electrons. The summed E-state index contributed by atoms with van der Waals surface area (Å²) in [6.45, 7) is 1.28. The van der Waals surface area contributed by atoms with Crippen molar-refractivity contribution in [2.45, 2.75) is 19.2 Å². The molecule has 5 nitrogen and oxygen atoms in total. The Kier molecular flexibility index (Phi) is 5.76. The number of rotatable bonds is 4. The van der Waals surface area contributed by atoms with Crippen LogP contribution in [0.4, 0.5) is 24.5 Å². The lowest BCUT2D eigenvalue weighted by atomic mass is 10.2. The number of ether oxygens (including phenoxy) is 1. The Morgan fingerprint density at radius 2 is 1.77 bits per heavy atom. The fourth-order valence-electron chi connectivity index (χ4n) is 1.93. The minimum Gasteiger partial charge on any atom is -0.449 e. The molecule has 0 fully saturated rings. The van der Waals surface area contributed by atoms with Crippen LogP contribution in [0.15, 0.2) is 42.5 Å². The highest BCUT2D eigenvalue weighted by molar-refractivity contribution is 6.33. The summed E-state index contributed by atoms with van der Waals surface area (Å²) in [6.07, 6.45) is -5.84. The highest BCUT2D eigenvalue weighted by Gasteiger charge is 2.31. The van der Waals surface area contributed by atoms with E-state index in [0.717, 1.165) is 12.1 Å². The van der Waals surface area contributed by atoms with Crippen LogP contribution in [0, 0.1) is 0 Å². The minimum atomic E-state index is -4.59. The van der Waals surface area contributed by atoms with Crippen molar-refractivity contribution in [3.05, 3.63) is 58.6 Å². The Morgan fingerprint density at radius 3 is 2.35 bits per heavy atom. The van der Waals surface area contributed by atoms with Crippen molar-refractivity contribution in [2.75, 3.05) is 11.1 Å². The molecule has 1 amide bonds. The molecular weight excluding hydrogens is 373 g/mol. The maximum Gasteiger partial charge on any atom is 0.416 e. The fraction of sp³-hybridized carbons (Fsp3) is 0.176. The number of benzene rings is 2. The number of esters is 1. The molecule has 2 aromatic carbocycles. The number of anilines is 2. The van der Waals surface area contributed by atoms with E-state index in [9.17, 15) is 22.8 Å². The molecule has 1 atom stereocenters. The zero-order valence-corrected chi connectivity index (χ0v) is 14.2. The number of nitrogens with one attached hydrogen (secondary N) is 1. The molecular formula is C17H14ClF3N2O3. The molecule has 0 aliphatic heterocycles. The van der Waals surface area contributed by atoms with Gasteiger partial charge in [-0.05, 0) is 49.4 Å². The van der Waals surface area contributed by atoms with E-state index in [2.05, 4.69) is 5.32 Å². The third kappa shape index (κ3) is 4.89. The normalized spacial score (nSPS) is 12.3. The average molecular weight is 387 g/mol. The molecule has 2 rings (SSSR count). The Bertz CT molecular complexity index is 823. The standard InChI is InChI=1S/C17H14ClF3N2O3/c1-9(26-16(25)10-2-5-12(22)6-3-10)15(24)23-14-8-11(17(19,20)21)4-7-13(14)18/h2-9H,22H2,1H3,(H,23,24)/t9-/m0/s1. The number of amides is 1. The van der Waals surface area contributed by atoms with Gasteiger partial charge in [-0.15, -0.1) is 0 Å². The van der Waals surface area contributed by atoms with Crippen LogP contribution in [0.25, 0.3) is 0 Å². The van der Waals surface area contributed by atoms with E-state index in [4.69, 9.17) is 22.1 Å². The monoisotopic (exact) mass is 386 g/mol. The summed E-state index contributed by atoms with van der Waals surface area (Å²) in [5, 5.41) is 2.14. The van der Waals surface area contributed by atoms with Crippen LogP contribution < -0.4 is 11.1 Å². The lowest BCUT2D eigenvalue weighted by Gasteiger charge is -2.15. The Balaban J connectivity index is 2.07. The van der Waals surface area contributed by atoms with Gasteiger partial charge in [-0.1, -0.05) is 11.6 Å². The fourth-order valence-corrected chi connectivity index (χ4v) is 2.10. The largest absolute Gasteiger partial charge is 0.449 e.